The van der Waals surface area contributed by atoms with Crippen molar-refractivity contribution in [2.75, 3.05) is 13.7 Å². The van der Waals surface area contributed by atoms with Gasteiger partial charge in [0, 0.05) is 11.5 Å². The zero-order valence-electron chi connectivity index (χ0n) is 23.2. The molecule has 5 rings (SSSR count). The molecule has 1 aromatic heterocycles. The maximum atomic E-state index is 14.0. The summed E-state index contributed by atoms with van der Waals surface area (Å²) in [4.78, 5) is 35.0. The number of nitrogens with zero attached hydrogens (tertiary/aromatic N) is 2. The van der Waals surface area contributed by atoms with E-state index in [0.29, 0.717) is 33.6 Å². The number of ether oxygens (including phenoxy) is 2. The van der Waals surface area contributed by atoms with E-state index >= 15 is 0 Å². The highest BCUT2D eigenvalue weighted by Gasteiger charge is 2.35. The minimum absolute atomic E-state index is 0.162. The first-order chi connectivity index (χ1) is 18.7. The highest BCUT2D eigenvalue weighted by atomic mass is 16.5. The van der Waals surface area contributed by atoms with Gasteiger partial charge in [0.05, 0.1) is 25.0 Å². The van der Waals surface area contributed by atoms with E-state index in [-0.39, 0.29) is 18.1 Å². The van der Waals surface area contributed by atoms with Crippen LogP contribution in [0, 0.1) is 6.92 Å². The molecule has 1 aliphatic heterocycles. The smallest absolute Gasteiger partial charge is 0.338 e. The molecule has 39 heavy (non-hydrogen) atoms. The van der Waals surface area contributed by atoms with Crippen molar-refractivity contribution in [2.45, 2.75) is 46.6 Å². The lowest BCUT2D eigenvalue weighted by atomic mass is 9.89. The third kappa shape index (κ3) is 4.58. The molecule has 2 aromatic carbocycles. The molecule has 0 fully saturated rings. The highest BCUT2D eigenvalue weighted by Crippen LogP contribution is 2.40. The second kappa shape index (κ2) is 10.4. The maximum absolute atomic E-state index is 14.0. The Morgan fingerprint density at radius 3 is 2.49 bits per heavy atom. The lowest BCUT2D eigenvalue weighted by molar-refractivity contribution is -0.139. The molecule has 3 aromatic rings. The zero-order valence-corrected chi connectivity index (χ0v) is 23.2. The van der Waals surface area contributed by atoms with E-state index in [4.69, 9.17) is 9.47 Å². The normalized spacial score (nSPS) is 19.1. The fourth-order valence-corrected chi connectivity index (χ4v) is 5.61. The molecule has 0 bridgehead atoms. The number of imidazole rings is 1. The lowest BCUT2D eigenvalue weighted by Gasteiger charge is -2.25. The minimum atomic E-state index is -0.755. The maximum Gasteiger partial charge on any atom is 0.338 e. The van der Waals surface area contributed by atoms with Crippen molar-refractivity contribution in [3.05, 3.63) is 121 Å². The van der Waals surface area contributed by atoms with E-state index in [2.05, 4.69) is 61.1 Å². The van der Waals surface area contributed by atoms with Crippen molar-refractivity contribution >= 4 is 12.0 Å². The van der Waals surface area contributed by atoms with E-state index in [0.717, 1.165) is 5.57 Å². The summed E-state index contributed by atoms with van der Waals surface area (Å²) < 4.78 is 12.5. The molecule has 0 saturated carbocycles. The van der Waals surface area contributed by atoms with Crippen molar-refractivity contribution in [3.8, 4) is 5.75 Å². The molecule has 2 unspecified atom stereocenters. The Labute approximate surface area is 227 Å². The van der Waals surface area contributed by atoms with Crippen LogP contribution in [0.5, 0.6) is 5.75 Å². The van der Waals surface area contributed by atoms with Crippen LogP contribution in [0.15, 0.2) is 92.4 Å². The van der Waals surface area contributed by atoms with E-state index < -0.39 is 12.0 Å². The summed E-state index contributed by atoms with van der Waals surface area (Å²) in [5.41, 5.74) is 7.40. The Balaban J connectivity index is 1.69. The molecule has 7 nitrogen and oxygen atoms in total. The van der Waals surface area contributed by atoms with Crippen LogP contribution in [-0.2, 0) is 9.53 Å². The van der Waals surface area contributed by atoms with Gasteiger partial charge in [-0.2, -0.15) is 0 Å². The second-order valence-electron chi connectivity index (χ2n) is 10.0. The molecule has 200 valence electrons. The van der Waals surface area contributed by atoms with Gasteiger partial charge in [0.2, 0.25) is 5.62 Å². The molecule has 0 spiro atoms. The van der Waals surface area contributed by atoms with E-state index in [9.17, 15) is 9.59 Å². The number of esters is 1. The van der Waals surface area contributed by atoms with Crippen LogP contribution in [0.25, 0.3) is 6.08 Å². The Morgan fingerprint density at radius 1 is 1.08 bits per heavy atom. The quantitative estimate of drug-likeness (QED) is 0.486. The first-order valence-corrected chi connectivity index (χ1v) is 13.1. The number of nitrogens with one attached hydrogen (secondary N) is 1. The highest BCUT2D eigenvalue weighted by molar-refractivity contribution is 5.91. The predicted octanol–water partition coefficient (Wildman–Crippen LogP) is 4.39. The molecule has 0 radical (unpaired) electrons. The summed E-state index contributed by atoms with van der Waals surface area (Å²) >= 11 is 0. The van der Waals surface area contributed by atoms with Gasteiger partial charge in [-0.05, 0) is 57.9 Å². The van der Waals surface area contributed by atoms with Crippen molar-refractivity contribution in [2.24, 2.45) is 4.99 Å². The number of rotatable bonds is 6. The third-order valence-electron chi connectivity index (χ3n) is 7.49. The van der Waals surface area contributed by atoms with Crippen LogP contribution in [0.1, 0.15) is 56.3 Å². The number of aromatic nitrogens is 2. The minimum Gasteiger partial charge on any atom is -0.496 e. The van der Waals surface area contributed by atoms with Gasteiger partial charge < -0.3 is 14.5 Å². The van der Waals surface area contributed by atoms with Crippen LogP contribution in [-0.4, -0.2) is 29.2 Å². The second-order valence-corrected chi connectivity index (χ2v) is 10.0. The average Bonchev–Trinajstić information content (AvgIpc) is 3.37. The molecular weight excluding hydrogens is 490 g/mol. The number of hydrogen-bond acceptors (Lipinski definition) is 5. The van der Waals surface area contributed by atoms with Crippen molar-refractivity contribution in [1.29, 1.82) is 0 Å². The summed E-state index contributed by atoms with van der Waals surface area (Å²) in [6.07, 6.45) is 4.01. The molecule has 2 aliphatic rings. The monoisotopic (exact) mass is 523 g/mol. The van der Waals surface area contributed by atoms with Crippen LogP contribution in [0.4, 0.5) is 0 Å². The summed E-state index contributed by atoms with van der Waals surface area (Å²) in [6, 6.07) is 15.2. The number of benzene rings is 2. The number of aromatic amines is 1. The molecule has 0 saturated heterocycles. The number of H-pyrrole nitrogens is 1. The Kier molecular flexibility index (Phi) is 7.00. The SMILES string of the molecule is CCOC(=O)C1=C(C)N=c2[nH]c(=CC3=C(C)C(c4ccc(C)cc4)C(C)=C3)c(=O)n2C1c1ccccc1OC. The molecule has 7 heteroatoms. The van der Waals surface area contributed by atoms with Crippen LogP contribution >= 0.6 is 0 Å². The lowest BCUT2D eigenvalue weighted by Crippen LogP contribution is -2.40. The first-order valence-electron chi connectivity index (χ1n) is 13.1. The molecular formula is C32H33N3O4. The predicted molar refractivity (Wildman–Crippen MR) is 151 cm³/mol. The van der Waals surface area contributed by atoms with Gasteiger partial charge in [0.25, 0.3) is 5.56 Å². The topological polar surface area (TPSA) is 85.7 Å². The van der Waals surface area contributed by atoms with Crippen LogP contribution in [0.2, 0.25) is 0 Å². The molecule has 1 aliphatic carbocycles. The fraction of sp³-hybridized carbons (Fsp3) is 0.281. The summed E-state index contributed by atoms with van der Waals surface area (Å²) in [6.45, 7) is 10.0. The standard InChI is InChI=1S/C32H33N3O4/c1-7-39-31(37)28-21(5)33-32-34-25(30(36)35(32)29(28)24-10-8-9-11-26(24)38-6)17-23-16-19(3)27(20(23)4)22-14-12-18(2)13-15-22/h8-17,27,29H,7H2,1-6H3,(H,33,34). The van der Waals surface area contributed by atoms with Crippen molar-refractivity contribution in [3.63, 3.8) is 0 Å². The Hall–Kier alpha value is -4.39. The van der Waals surface area contributed by atoms with Crippen molar-refractivity contribution < 1.29 is 14.3 Å². The number of methoxy groups -OCH3 is 1. The summed E-state index contributed by atoms with van der Waals surface area (Å²) in [5.74, 6) is 0.222. The number of carbonyl (C=O) groups is 1. The van der Waals surface area contributed by atoms with Gasteiger partial charge in [-0.3, -0.25) is 9.36 Å². The molecule has 2 heterocycles. The van der Waals surface area contributed by atoms with Gasteiger partial charge in [-0.25, -0.2) is 9.79 Å². The van der Waals surface area contributed by atoms with E-state index in [1.807, 2.05) is 30.3 Å². The number of aryl methyl sites for hydroxylation is 1. The number of hydrogen-bond donors (Lipinski definition) is 1. The number of carbonyl (C=O) groups excluding carboxylic acids is 1. The van der Waals surface area contributed by atoms with Crippen LogP contribution < -0.4 is 21.3 Å². The summed E-state index contributed by atoms with van der Waals surface area (Å²) in [7, 11) is 1.57. The first kappa shape index (κ1) is 26.2. The van der Waals surface area contributed by atoms with Gasteiger partial charge >= 0.3 is 5.97 Å². The number of allylic oxidation sites excluding steroid dienone is 5. The molecule has 1 N–H and O–H groups in total. The van der Waals surface area contributed by atoms with E-state index in [1.54, 1.807) is 21.0 Å². The van der Waals surface area contributed by atoms with Crippen LogP contribution in [0.3, 0.4) is 0 Å². The van der Waals surface area contributed by atoms with Crippen molar-refractivity contribution in [1.82, 2.24) is 9.55 Å². The fourth-order valence-electron chi connectivity index (χ4n) is 5.61. The van der Waals surface area contributed by atoms with E-state index in [1.165, 1.54) is 26.8 Å². The average molecular weight is 524 g/mol. The number of para-hydroxylation sites is 1. The number of fused-ring (bicyclic) bond motifs is 1. The van der Waals surface area contributed by atoms with Gasteiger partial charge in [0.15, 0.2) is 0 Å². The molecule has 0 amide bonds. The van der Waals surface area contributed by atoms with Gasteiger partial charge in [0.1, 0.15) is 17.1 Å². The van der Waals surface area contributed by atoms with Gasteiger partial charge in [-0.15, -0.1) is 0 Å². The Bertz CT molecular complexity index is 1730. The zero-order chi connectivity index (χ0) is 27.8. The molecule has 2 atom stereocenters. The van der Waals surface area contributed by atoms with Gasteiger partial charge in [-0.1, -0.05) is 65.3 Å². The summed E-state index contributed by atoms with van der Waals surface area (Å²) in [5, 5.41) is 0.398. The third-order valence-corrected chi connectivity index (χ3v) is 7.49. The Morgan fingerprint density at radius 2 is 1.79 bits per heavy atom. The largest absolute Gasteiger partial charge is 0.496 e.